The van der Waals surface area contributed by atoms with Gasteiger partial charge in [0.1, 0.15) is 48.8 Å². The summed E-state index contributed by atoms with van der Waals surface area (Å²) in [5, 5.41) is 76.5. The first-order valence-corrected chi connectivity index (χ1v) is 7.08. The molecule has 11 nitrogen and oxygen atoms in total. The number of aliphatic hydroxyl groups is 8. The Morgan fingerprint density at radius 1 is 0.652 bits per heavy atom. The van der Waals surface area contributed by atoms with E-state index in [0.29, 0.717) is 0 Å². The quantitative estimate of drug-likeness (QED) is 0.243. The minimum absolute atomic E-state index is 0.667. The van der Waals surface area contributed by atoms with Crippen LogP contribution in [0.2, 0.25) is 0 Å². The fourth-order valence-electron chi connectivity index (χ4n) is 2.57. The third kappa shape index (κ3) is 3.65. The van der Waals surface area contributed by atoms with Crippen molar-refractivity contribution in [1.29, 1.82) is 0 Å². The predicted octanol–water partition coefficient (Wildman–Crippen LogP) is -5.40. The second-order valence-electron chi connectivity index (χ2n) is 5.53. The van der Waals surface area contributed by atoms with Crippen molar-refractivity contribution in [3.8, 4) is 0 Å². The van der Waals surface area contributed by atoms with Gasteiger partial charge >= 0.3 is 0 Å². The standard InChI is InChI=1S/C12H22O11/c13-1-3-5(15)6(16)9(19)12(22-3)23-10-4(2-14)21-11(20)8(18)7(10)17/h3-20H,1-2H2/t3?,4?,5-,6+,7-,8?,9?,10-,11-,12+/m1/s1. The molecule has 0 bridgehead atoms. The van der Waals surface area contributed by atoms with Crippen LogP contribution in [0.15, 0.2) is 0 Å². The van der Waals surface area contributed by atoms with Crippen LogP contribution < -0.4 is 0 Å². The maximum Gasteiger partial charge on any atom is 0.187 e. The van der Waals surface area contributed by atoms with E-state index in [2.05, 4.69) is 0 Å². The fraction of sp³-hybridized carbons (Fsp3) is 1.00. The van der Waals surface area contributed by atoms with Crippen LogP contribution in [0.4, 0.5) is 0 Å². The Morgan fingerprint density at radius 2 is 1.26 bits per heavy atom. The highest BCUT2D eigenvalue weighted by Gasteiger charge is 2.50. The van der Waals surface area contributed by atoms with Gasteiger partial charge in [-0.05, 0) is 0 Å². The number of rotatable bonds is 4. The lowest BCUT2D eigenvalue weighted by Gasteiger charge is -2.45. The van der Waals surface area contributed by atoms with Gasteiger partial charge in [-0.25, -0.2) is 0 Å². The van der Waals surface area contributed by atoms with Crippen LogP contribution in [0.25, 0.3) is 0 Å². The van der Waals surface area contributed by atoms with Crippen LogP contribution in [0.1, 0.15) is 0 Å². The van der Waals surface area contributed by atoms with Gasteiger partial charge in [-0.15, -0.1) is 0 Å². The lowest BCUT2D eigenvalue weighted by molar-refractivity contribution is -0.355. The van der Waals surface area contributed by atoms with Gasteiger partial charge in [-0.3, -0.25) is 0 Å². The highest BCUT2D eigenvalue weighted by molar-refractivity contribution is 4.93. The lowest BCUT2D eigenvalue weighted by Crippen LogP contribution is -2.64. The van der Waals surface area contributed by atoms with E-state index >= 15 is 0 Å². The first kappa shape index (κ1) is 18.9. The largest absolute Gasteiger partial charge is 0.394 e. The molecule has 0 aromatic heterocycles. The van der Waals surface area contributed by atoms with Crippen LogP contribution in [0.5, 0.6) is 0 Å². The third-order valence-electron chi connectivity index (χ3n) is 3.98. The van der Waals surface area contributed by atoms with Crippen LogP contribution in [-0.2, 0) is 14.2 Å². The zero-order valence-corrected chi connectivity index (χ0v) is 12.0. The molecular weight excluding hydrogens is 320 g/mol. The van der Waals surface area contributed by atoms with Crippen LogP contribution in [0.3, 0.4) is 0 Å². The molecule has 0 amide bonds. The van der Waals surface area contributed by atoms with Gasteiger partial charge in [0.15, 0.2) is 12.6 Å². The maximum absolute atomic E-state index is 9.94. The average Bonchev–Trinajstić information content (AvgIpc) is 2.55. The van der Waals surface area contributed by atoms with Gasteiger partial charge in [0.2, 0.25) is 0 Å². The topological polar surface area (TPSA) is 190 Å². The summed E-state index contributed by atoms with van der Waals surface area (Å²) in [6.07, 6.45) is -15.6. The number of hydrogen-bond acceptors (Lipinski definition) is 11. The van der Waals surface area contributed by atoms with Crippen molar-refractivity contribution >= 4 is 0 Å². The normalized spacial score (nSPS) is 51.7. The molecule has 2 rings (SSSR count). The number of ether oxygens (including phenoxy) is 3. The van der Waals surface area contributed by atoms with Crippen molar-refractivity contribution in [2.45, 2.75) is 61.4 Å². The van der Waals surface area contributed by atoms with E-state index in [1.165, 1.54) is 0 Å². The molecule has 10 atom stereocenters. The van der Waals surface area contributed by atoms with Crippen molar-refractivity contribution in [2.75, 3.05) is 13.2 Å². The minimum atomic E-state index is -1.74. The molecule has 2 fully saturated rings. The molecule has 4 unspecified atom stereocenters. The SMILES string of the molecule is OCC1O[C@@H](O[C@@H]2C(CO)O[C@@H](O)C(O)[C@H]2O)C(O)[C@@H](O)[C@@H]1O. The second-order valence-corrected chi connectivity index (χ2v) is 5.53. The Labute approximate surface area is 130 Å². The summed E-state index contributed by atoms with van der Waals surface area (Å²) >= 11 is 0. The van der Waals surface area contributed by atoms with E-state index < -0.39 is 74.6 Å². The first-order chi connectivity index (χ1) is 10.8. The highest BCUT2D eigenvalue weighted by Crippen LogP contribution is 2.28. The van der Waals surface area contributed by atoms with Crippen LogP contribution in [0, 0.1) is 0 Å². The molecule has 0 aliphatic carbocycles. The van der Waals surface area contributed by atoms with E-state index in [1.54, 1.807) is 0 Å². The first-order valence-electron chi connectivity index (χ1n) is 7.08. The van der Waals surface area contributed by atoms with E-state index in [1.807, 2.05) is 0 Å². The van der Waals surface area contributed by atoms with E-state index in [4.69, 9.17) is 19.3 Å². The summed E-state index contributed by atoms with van der Waals surface area (Å²) < 4.78 is 15.3. The summed E-state index contributed by atoms with van der Waals surface area (Å²) in [4.78, 5) is 0. The Hall–Kier alpha value is -0.440. The molecule has 2 heterocycles. The monoisotopic (exact) mass is 342 g/mol. The third-order valence-corrected chi connectivity index (χ3v) is 3.98. The molecule has 0 aromatic carbocycles. The zero-order valence-electron chi connectivity index (χ0n) is 12.0. The van der Waals surface area contributed by atoms with Crippen molar-refractivity contribution in [2.24, 2.45) is 0 Å². The fourth-order valence-corrected chi connectivity index (χ4v) is 2.57. The highest BCUT2D eigenvalue weighted by atomic mass is 16.7. The lowest BCUT2D eigenvalue weighted by atomic mass is 9.97. The molecule has 0 radical (unpaired) electrons. The van der Waals surface area contributed by atoms with E-state index in [9.17, 15) is 35.7 Å². The molecule has 136 valence electrons. The maximum atomic E-state index is 9.94. The van der Waals surface area contributed by atoms with Gasteiger partial charge < -0.3 is 55.1 Å². The molecule has 8 N–H and O–H groups in total. The van der Waals surface area contributed by atoms with Crippen molar-refractivity contribution in [1.82, 2.24) is 0 Å². The van der Waals surface area contributed by atoms with Gasteiger partial charge in [-0.2, -0.15) is 0 Å². The summed E-state index contributed by atoms with van der Waals surface area (Å²) in [6.45, 7) is -1.35. The van der Waals surface area contributed by atoms with E-state index in [-0.39, 0.29) is 0 Å². The Bertz CT molecular complexity index is 378. The van der Waals surface area contributed by atoms with Crippen molar-refractivity contribution < 1.29 is 55.1 Å². The van der Waals surface area contributed by atoms with Gasteiger partial charge in [0.05, 0.1) is 13.2 Å². The van der Waals surface area contributed by atoms with E-state index in [0.717, 1.165) is 0 Å². The van der Waals surface area contributed by atoms with Crippen molar-refractivity contribution in [3.05, 3.63) is 0 Å². The molecule has 23 heavy (non-hydrogen) atoms. The molecule has 0 spiro atoms. The van der Waals surface area contributed by atoms with Crippen LogP contribution in [-0.4, -0.2) is 115 Å². The number of hydrogen-bond donors (Lipinski definition) is 8. The molecule has 2 saturated heterocycles. The molecule has 2 aliphatic rings. The zero-order chi connectivity index (χ0) is 17.3. The van der Waals surface area contributed by atoms with Gasteiger partial charge in [0, 0.05) is 0 Å². The van der Waals surface area contributed by atoms with Crippen molar-refractivity contribution in [3.63, 3.8) is 0 Å². The molecule has 2 aliphatic heterocycles. The predicted molar refractivity (Wildman–Crippen MR) is 68.6 cm³/mol. The van der Waals surface area contributed by atoms with Gasteiger partial charge in [0.25, 0.3) is 0 Å². The summed E-state index contributed by atoms with van der Waals surface area (Å²) in [5.41, 5.74) is 0. The smallest absolute Gasteiger partial charge is 0.187 e. The molecule has 0 aromatic rings. The minimum Gasteiger partial charge on any atom is -0.394 e. The Balaban J connectivity index is 2.11. The second kappa shape index (κ2) is 7.63. The molecular formula is C12H22O11. The Morgan fingerprint density at radius 3 is 1.83 bits per heavy atom. The summed E-state index contributed by atoms with van der Waals surface area (Å²) in [5.74, 6) is 0. The number of aliphatic hydroxyl groups excluding tert-OH is 8. The van der Waals surface area contributed by atoms with Gasteiger partial charge in [-0.1, -0.05) is 0 Å². The summed E-state index contributed by atoms with van der Waals surface area (Å²) in [6, 6.07) is 0. The molecule has 0 saturated carbocycles. The summed E-state index contributed by atoms with van der Waals surface area (Å²) in [7, 11) is 0. The molecule has 11 heteroatoms. The van der Waals surface area contributed by atoms with Crippen LogP contribution >= 0.6 is 0 Å². The average molecular weight is 342 g/mol. The Kier molecular flexibility index (Phi) is 6.27.